The van der Waals surface area contributed by atoms with Crippen molar-refractivity contribution in [3.63, 3.8) is 0 Å². The minimum absolute atomic E-state index is 0. The molecule has 0 bridgehead atoms. The van der Waals surface area contributed by atoms with Crippen LogP contribution < -0.4 is 37.6 Å². The largest absolute Gasteiger partial charge is 1.00 e. The van der Waals surface area contributed by atoms with Crippen molar-refractivity contribution in [2.24, 2.45) is 28.7 Å². The Morgan fingerprint density at radius 1 is 1.19 bits per heavy atom. The van der Waals surface area contributed by atoms with Gasteiger partial charge in [-0.05, 0) is 35.9 Å². The first kappa shape index (κ1) is 21.7. The van der Waals surface area contributed by atoms with Gasteiger partial charge in [0.2, 0.25) is 5.96 Å². The molecule has 0 atom stereocenters. The first-order valence-corrected chi connectivity index (χ1v) is 7.43. The van der Waals surface area contributed by atoms with E-state index < -0.39 is 0 Å². The van der Waals surface area contributed by atoms with E-state index in [1.807, 2.05) is 49.6 Å². The zero-order valence-corrected chi connectivity index (χ0v) is 17.4. The number of pyridine rings is 1. The maximum absolute atomic E-state index is 5.85. The van der Waals surface area contributed by atoms with Gasteiger partial charge in [0.05, 0.1) is 19.5 Å². The molecule has 0 aliphatic heterocycles. The van der Waals surface area contributed by atoms with E-state index in [0.717, 1.165) is 22.7 Å². The highest BCUT2D eigenvalue weighted by atomic mass is 79.9. The van der Waals surface area contributed by atoms with Gasteiger partial charge in [-0.3, -0.25) is 0 Å². The third-order valence-corrected chi connectivity index (χ3v) is 3.58. The third kappa shape index (κ3) is 5.30. The first-order chi connectivity index (χ1) is 11.6. The molecule has 1 aromatic carbocycles. The van der Waals surface area contributed by atoms with Gasteiger partial charge in [-0.25, -0.2) is 8.97 Å². The fourth-order valence-corrected chi connectivity index (χ4v) is 2.34. The summed E-state index contributed by atoms with van der Waals surface area (Å²) in [6.07, 6.45) is 5.65. The number of imidazole rings is 1. The Labute approximate surface area is 172 Å². The van der Waals surface area contributed by atoms with Crippen molar-refractivity contribution in [3.05, 3.63) is 66.1 Å². The monoisotopic (exact) mass is 482 g/mol. The maximum Gasteiger partial charge on any atom is 0.286 e. The zero-order valence-electron chi connectivity index (χ0n) is 14.1. The second-order valence-electron chi connectivity index (χ2n) is 5.27. The molecule has 0 radical (unpaired) electrons. The number of rotatable bonds is 5. The Hall–Kier alpha value is -2.39. The summed E-state index contributed by atoms with van der Waals surface area (Å²) in [5.74, 6) is 0.711. The van der Waals surface area contributed by atoms with Crippen LogP contribution in [0.25, 0.3) is 5.65 Å². The van der Waals surface area contributed by atoms with Crippen LogP contribution >= 0.6 is 17.0 Å². The van der Waals surface area contributed by atoms with Gasteiger partial charge in [-0.1, -0.05) is 6.07 Å². The predicted octanol–water partition coefficient (Wildman–Crippen LogP) is -1.47. The van der Waals surface area contributed by atoms with Crippen LogP contribution in [-0.2, 0) is 13.7 Å². The fourth-order valence-electron chi connectivity index (χ4n) is 2.34. The molecule has 0 spiro atoms. The average Bonchev–Trinajstić information content (AvgIpc) is 2.90. The van der Waals surface area contributed by atoms with Crippen LogP contribution in [0.15, 0.2) is 65.1 Å². The molecule has 2 heterocycles. The minimum atomic E-state index is -0.0703. The van der Waals surface area contributed by atoms with Crippen molar-refractivity contribution in [1.82, 2.24) is 4.57 Å². The maximum atomic E-state index is 5.85. The Balaban J connectivity index is 0.00000169. The molecule has 0 unspecified atom stereocenters. The van der Waals surface area contributed by atoms with Crippen LogP contribution in [0, 0.1) is 0 Å². The molecule has 0 saturated heterocycles. The third-order valence-electron chi connectivity index (χ3n) is 3.58. The van der Waals surface area contributed by atoms with E-state index in [1.165, 1.54) is 0 Å². The van der Waals surface area contributed by atoms with Crippen LogP contribution in [0.3, 0.4) is 0 Å². The molecule has 9 heteroatoms. The van der Waals surface area contributed by atoms with E-state index in [0.29, 0.717) is 6.61 Å². The van der Waals surface area contributed by atoms with Gasteiger partial charge in [0.25, 0.3) is 5.65 Å². The lowest BCUT2D eigenvalue weighted by molar-refractivity contribution is -0.511. The van der Waals surface area contributed by atoms with Crippen LogP contribution in [0.1, 0.15) is 11.3 Å². The molecular weight excluding hydrogens is 464 g/mol. The molecule has 0 fully saturated rings. The number of halogens is 2. The van der Waals surface area contributed by atoms with Crippen molar-refractivity contribution in [3.8, 4) is 5.75 Å². The lowest BCUT2D eigenvalue weighted by atomic mass is 10.2. The Morgan fingerprint density at radius 2 is 1.92 bits per heavy atom. The molecule has 0 saturated carbocycles. The number of benzene rings is 1. The summed E-state index contributed by atoms with van der Waals surface area (Å²) in [6.45, 7) is 0.486. The molecular formula is C17H20Br2N6O. The quantitative estimate of drug-likeness (QED) is 0.201. The Kier molecular flexibility index (Phi) is 8.27. The SMILES string of the molecule is Br.Cn1c(COc2ccc(/C=N/N=C(N)N)cc2)c[n+]2ccccc12.[Br-]. The molecule has 0 aliphatic rings. The smallest absolute Gasteiger partial charge is 0.286 e. The van der Waals surface area contributed by atoms with Gasteiger partial charge >= 0.3 is 0 Å². The summed E-state index contributed by atoms with van der Waals surface area (Å²) in [6, 6.07) is 13.6. The highest BCUT2D eigenvalue weighted by Gasteiger charge is 2.13. The van der Waals surface area contributed by atoms with Crippen LogP contribution in [0.4, 0.5) is 0 Å². The summed E-state index contributed by atoms with van der Waals surface area (Å²) in [5, 5.41) is 7.32. The van der Waals surface area contributed by atoms with E-state index in [4.69, 9.17) is 16.2 Å². The number of guanidine groups is 1. The number of hydrogen-bond acceptors (Lipinski definition) is 3. The zero-order chi connectivity index (χ0) is 16.9. The lowest BCUT2D eigenvalue weighted by Gasteiger charge is -2.04. The predicted molar refractivity (Wildman–Crippen MR) is 103 cm³/mol. The number of aryl methyl sites for hydroxylation is 1. The summed E-state index contributed by atoms with van der Waals surface area (Å²) >= 11 is 0. The van der Waals surface area contributed by atoms with Crippen LogP contribution in [0.5, 0.6) is 5.75 Å². The van der Waals surface area contributed by atoms with Gasteiger partial charge < -0.3 is 33.2 Å². The van der Waals surface area contributed by atoms with E-state index in [1.54, 1.807) is 6.21 Å². The lowest BCUT2D eigenvalue weighted by Crippen LogP contribution is -3.00. The van der Waals surface area contributed by atoms with Crippen LogP contribution in [0.2, 0.25) is 0 Å². The van der Waals surface area contributed by atoms with Gasteiger partial charge in [-0.2, -0.15) is 5.10 Å². The summed E-state index contributed by atoms with van der Waals surface area (Å²) in [7, 11) is 2.03. The van der Waals surface area contributed by atoms with Crippen molar-refractivity contribution >= 4 is 34.8 Å². The normalized spacial score (nSPS) is 10.2. The van der Waals surface area contributed by atoms with E-state index in [-0.39, 0.29) is 39.9 Å². The molecule has 2 aromatic heterocycles. The Morgan fingerprint density at radius 3 is 2.58 bits per heavy atom. The summed E-state index contributed by atoms with van der Waals surface area (Å²) in [5.41, 5.74) is 13.5. The van der Waals surface area contributed by atoms with Gasteiger partial charge in [-0.15, -0.1) is 22.1 Å². The molecule has 0 amide bonds. The van der Waals surface area contributed by atoms with Crippen molar-refractivity contribution in [2.45, 2.75) is 6.61 Å². The number of nitrogens with two attached hydrogens (primary N) is 2. The standard InChI is InChI=1S/C17H19N6O.2BrH/c1-22-14(11-23-9-3-2-4-16(22)23)12-24-15-7-5-13(6-8-15)10-20-21-17(18)19;;/h2-11H,12H2,1H3,(H4,18,19,21);2*1H/q+1;;/p-1/b20-10+;;. The highest BCUT2D eigenvalue weighted by Crippen LogP contribution is 2.14. The van der Waals surface area contributed by atoms with Gasteiger partial charge in [0.15, 0.2) is 12.3 Å². The Bertz CT molecular complexity index is 901. The number of ether oxygens (including phenoxy) is 1. The van der Waals surface area contributed by atoms with Crippen LogP contribution in [-0.4, -0.2) is 16.7 Å². The molecule has 138 valence electrons. The summed E-state index contributed by atoms with van der Waals surface area (Å²) in [4.78, 5) is 0. The second kappa shape index (κ2) is 9.93. The topological polar surface area (TPSA) is 95.0 Å². The van der Waals surface area contributed by atoms with Crippen molar-refractivity contribution < 1.29 is 26.1 Å². The number of nitrogens with zero attached hydrogens (tertiary/aromatic N) is 4. The van der Waals surface area contributed by atoms with Crippen molar-refractivity contribution in [1.29, 1.82) is 0 Å². The molecule has 26 heavy (non-hydrogen) atoms. The van der Waals surface area contributed by atoms with Crippen molar-refractivity contribution in [2.75, 3.05) is 0 Å². The average molecular weight is 484 g/mol. The number of hydrogen-bond donors (Lipinski definition) is 2. The first-order valence-electron chi connectivity index (χ1n) is 7.43. The van der Waals surface area contributed by atoms with E-state index >= 15 is 0 Å². The molecule has 3 rings (SSSR count). The fraction of sp³-hybridized carbons (Fsp3) is 0.118. The van der Waals surface area contributed by atoms with E-state index in [9.17, 15) is 0 Å². The van der Waals surface area contributed by atoms with Gasteiger partial charge in [0.1, 0.15) is 11.9 Å². The second-order valence-corrected chi connectivity index (χ2v) is 5.27. The highest BCUT2D eigenvalue weighted by molar-refractivity contribution is 8.93. The molecule has 0 aliphatic carbocycles. The number of aromatic nitrogens is 2. The summed E-state index contributed by atoms with van der Waals surface area (Å²) < 4.78 is 10.0. The molecule has 4 N–H and O–H groups in total. The molecule has 7 nitrogen and oxygen atoms in total. The number of fused-ring (bicyclic) bond motifs is 1. The van der Waals surface area contributed by atoms with Gasteiger partial charge in [0, 0.05) is 6.07 Å². The van der Waals surface area contributed by atoms with E-state index in [2.05, 4.69) is 31.4 Å². The molecule has 3 aromatic rings. The minimum Gasteiger partial charge on any atom is -1.00 e.